The average Bonchev–Trinajstić information content (AvgIpc) is 2.99. The first kappa shape index (κ1) is 11.9. The molecule has 0 fully saturated rings. The molecule has 0 aliphatic heterocycles. The molecule has 0 aliphatic rings. The van der Waals surface area contributed by atoms with Crippen LogP contribution in [0.2, 0.25) is 0 Å². The van der Waals surface area contributed by atoms with Crippen LogP contribution in [0.15, 0.2) is 33.6 Å². The van der Waals surface area contributed by atoms with Crippen molar-refractivity contribution >= 4 is 0 Å². The Morgan fingerprint density at radius 2 is 2.29 bits per heavy atom. The summed E-state index contributed by atoms with van der Waals surface area (Å²) in [6.07, 6.45) is 8.13. The molecule has 0 atom stereocenters. The van der Waals surface area contributed by atoms with Crippen LogP contribution in [0.3, 0.4) is 0 Å². The lowest BCUT2D eigenvalue weighted by Crippen LogP contribution is -2.16. The molecule has 2 rings (SSSR count). The van der Waals surface area contributed by atoms with E-state index in [2.05, 4.69) is 17.2 Å². The van der Waals surface area contributed by atoms with Gasteiger partial charge in [-0.05, 0) is 32.0 Å². The predicted molar refractivity (Wildman–Crippen MR) is 65.7 cm³/mol. The van der Waals surface area contributed by atoms with Crippen molar-refractivity contribution < 1.29 is 8.83 Å². The summed E-state index contributed by atoms with van der Waals surface area (Å²) in [6.45, 7) is 4.25. The minimum absolute atomic E-state index is 0.773. The number of nitrogens with one attached hydrogen (secondary N) is 1. The second-order valence-electron chi connectivity index (χ2n) is 3.98. The second-order valence-corrected chi connectivity index (χ2v) is 3.98. The Kier molecular flexibility index (Phi) is 4.38. The topological polar surface area (TPSA) is 51.2 Å². The Hall–Kier alpha value is -1.55. The van der Waals surface area contributed by atoms with Gasteiger partial charge in [-0.1, -0.05) is 6.92 Å². The summed E-state index contributed by atoms with van der Waals surface area (Å²) < 4.78 is 10.6. The van der Waals surface area contributed by atoms with Gasteiger partial charge in [-0.2, -0.15) is 0 Å². The van der Waals surface area contributed by atoms with Gasteiger partial charge in [0, 0.05) is 6.42 Å². The summed E-state index contributed by atoms with van der Waals surface area (Å²) in [7, 11) is 0. The lowest BCUT2D eigenvalue weighted by atomic mass is 10.3. The molecule has 0 aliphatic carbocycles. The van der Waals surface area contributed by atoms with Crippen LogP contribution >= 0.6 is 0 Å². The zero-order chi connectivity index (χ0) is 11.9. The molecule has 0 saturated heterocycles. The van der Waals surface area contributed by atoms with Crippen molar-refractivity contribution in [2.75, 3.05) is 13.1 Å². The zero-order valence-corrected chi connectivity index (χ0v) is 10.1. The van der Waals surface area contributed by atoms with Gasteiger partial charge in [-0.3, -0.25) is 0 Å². The molecule has 0 saturated carbocycles. The summed E-state index contributed by atoms with van der Waals surface area (Å²) in [5.41, 5.74) is 0.938. The second kappa shape index (κ2) is 6.25. The SMILES string of the molecule is CCCNCCCc1ncc(-c2ccoc2)o1. The Bertz CT molecular complexity index is 420. The van der Waals surface area contributed by atoms with Gasteiger partial charge in [0.25, 0.3) is 0 Å². The van der Waals surface area contributed by atoms with Gasteiger partial charge in [0.15, 0.2) is 11.7 Å². The van der Waals surface area contributed by atoms with E-state index in [9.17, 15) is 0 Å². The molecule has 2 aromatic rings. The van der Waals surface area contributed by atoms with Crippen molar-refractivity contribution in [3.05, 3.63) is 30.7 Å². The van der Waals surface area contributed by atoms with E-state index in [1.807, 2.05) is 6.07 Å². The minimum atomic E-state index is 0.773. The number of aryl methyl sites for hydroxylation is 1. The summed E-state index contributed by atoms with van der Waals surface area (Å²) >= 11 is 0. The van der Waals surface area contributed by atoms with E-state index in [1.54, 1.807) is 18.7 Å². The van der Waals surface area contributed by atoms with Crippen LogP contribution in [0.25, 0.3) is 11.3 Å². The van der Waals surface area contributed by atoms with Gasteiger partial charge in [-0.15, -0.1) is 0 Å². The fourth-order valence-corrected chi connectivity index (χ4v) is 1.63. The fourth-order valence-electron chi connectivity index (χ4n) is 1.63. The maximum absolute atomic E-state index is 5.64. The zero-order valence-electron chi connectivity index (χ0n) is 10.1. The minimum Gasteiger partial charge on any atom is -0.472 e. The van der Waals surface area contributed by atoms with Gasteiger partial charge in [0.1, 0.15) is 6.26 Å². The molecule has 2 aromatic heterocycles. The monoisotopic (exact) mass is 234 g/mol. The molecular weight excluding hydrogens is 216 g/mol. The van der Waals surface area contributed by atoms with Crippen molar-refractivity contribution in [3.8, 4) is 11.3 Å². The molecule has 0 unspecified atom stereocenters. The van der Waals surface area contributed by atoms with Crippen LogP contribution in [-0.4, -0.2) is 18.1 Å². The number of aromatic nitrogens is 1. The van der Waals surface area contributed by atoms with Crippen molar-refractivity contribution in [1.29, 1.82) is 0 Å². The maximum atomic E-state index is 5.64. The Morgan fingerprint density at radius 1 is 1.35 bits per heavy atom. The predicted octanol–water partition coefficient (Wildman–Crippen LogP) is 2.87. The first-order chi connectivity index (χ1) is 8.40. The largest absolute Gasteiger partial charge is 0.472 e. The first-order valence-corrected chi connectivity index (χ1v) is 6.08. The highest BCUT2D eigenvalue weighted by atomic mass is 16.4. The lowest BCUT2D eigenvalue weighted by molar-refractivity contribution is 0.490. The van der Waals surface area contributed by atoms with Crippen molar-refractivity contribution in [1.82, 2.24) is 10.3 Å². The number of hydrogen-bond acceptors (Lipinski definition) is 4. The van der Waals surface area contributed by atoms with Gasteiger partial charge in [-0.25, -0.2) is 4.98 Å². The molecule has 92 valence electrons. The summed E-state index contributed by atoms with van der Waals surface area (Å²) in [6, 6.07) is 1.87. The highest BCUT2D eigenvalue weighted by molar-refractivity contribution is 5.53. The highest BCUT2D eigenvalue weighted by Crippen LogP contribution is 2.20. The highest BCUT2D eigenvalue weighted by Gasteiger charge is 2.06. The van der Waals surface area contributed by atoms with Crippen LogP contribution in [0, 0.1) is 0 Å². The molecule has 0 aromatic carbocycles. The molecule has 17 heavy (non-hydrogen) atoms. The molecule has 0 amide bonds. The number of rotatable bonds is 7. The van der Waals surface area contributed by atoms with Crippen LogP contribution in [0.5, 0.6) is 0 Å². The number of nitrogens with zero attached hydrogens (tertiary/aromatic N) is 1. The van der Waals surface area contributed by atoms with Gasteiger partial charge >= 0.3 is 0 Å². The Morgan fingerprint density at radius 3 is 3.06 bits per heavy atom. The van der Waals surface area contributed by atoms with Gasteiger partial charge in [0.2, 0.25) is 0 Å². The molecular formula is C13H18N2O2. The van der Waals surface area contributed by atoms with Crippen LogP contribution in [0.1, 0.15) is 25.7 Å². The maximum Gasteiger partial charge on any atom is 0.194 e. The van der Waals surface area contributed by atoms with Crippen LogP contribution in [-0.2, 0) is 6.42 Å². The van der Waals surface area contributed by atoms with E-state index in [0.29, 0.717) is 0 Å². The Balaban J connectivity index is 1.79. The molecule has 0 spiro atoms. The fraction of sp³-hybridized carbons (Fsp3) is 0.462. The van der Waals surface area contributed by atoms with E-state index in [1.165, 1.54) is 6.42 Å². The third-order valence-corrected chi connectivity index (χ3v) is 2.53. The summed E-state index contributed by atoms with van der Waals surface area (Å²) in [5, 5.41) is 3.36. The number of oxazole rings is 1. The molecule has 4 nitrogen and oxygen atoms in total. The standard InChI is InChI=1S/C13H18N2O2/c1-2-6-14-7-3-4-13-15-9-12(17-13)11-5-8-16-10-11/h5,8-10,14H,2-4,6-7H2,1H3. The molecule has 4 heteroatoms. The number of hydrogen-bond donors (Lipinski definition) is 1. The van der Waals surface area contributed by atoms with E-state index >= 15 is 0 Å². The van der Waals surface area contributed by atoms with Crippen molar-refractivity contribution in [2.24, 2.45) is 0 Å². The van der Waals surface area contributed by atoms with Crippen LogP contribution < -0.4 is 5.32 Å². The molecule has 2 heterocycles. The third-order valence-electron chi connectivity index (χ3n) is 2.53. The van der Waals surface area contributed by atoms with Crippen LogP contribution in [0.4, 0.5) is 0 Å². The average molecular weight is 234 g/mol. The summed E-state index contributed by atoms with van der Waals surface area (Å²) in [5.74, 6) is 1.56. The molecule has 0 radical (unpaired) electrons. The quantitative estimate of drug-likeness (QED) is 0.748. The van der Waals surface area contributed by atoms with E-state index < -0.39 is 0 Å². The van der Waals surface area contributed by atoms with Crippen molar-refractivity contribution in [3.63, 3.8) is 0 Å². The first-order valence-electron chi connectivity index (χ1n) is 6.08. The molecule has 1 N–H and O–H groups in total. The third kappa shape index (κ3) is 3.46. The van der Waals surface area contributed by atoms with E-state index in [-0.39, 0.29) is 0 Å². The van der Waals surface area contributed by atoms with E-state index in [4.69, 9.17) is 8.83 Å². The molecule has 0 bridgehead atoms. The lowest BCUT2D eigenvalue weighted by Gasteiger charge is -2.00. The smallest absolute Gasteiger partial charge is 0.194 e. The summed E-state index contributed by atoms with van der Waals surface area (Å²) in [4.78, 5) is 4.25. The van der Waals surface area contributed by atoms with Gasteiger partial charge < -0.3 is 14.2 Å². The normalized spacial score (nSPS) is 10.9. The van der Waals surface area contributed by atoms with Gasteiger partial charge in [0.05, 0.1) is 18.0 Å². The Labute approximate surface area is 101 Å². The van der Waals surface area contributed by atoms with E-state index in [0.717, 1.165) is 43.1 Å². The number of furan rings is 1. The van der Waals surface area contributed by atoms with Crippen molar-refractivity contribution in [2.45, 2.75) is 26.2 Å².